The first-order valence-electron chi connectivity index (χ1n) is 4.32. The maximum atomic E-state index is 6.02. The first-order valence-corrected chi connectivity index (χ1v) is 5.49. The Hall–Kier alpha value is -0.0500. The topological polar surface area (TPSA) is 26.0 Å². The van der Waals surface area contributed by atoms with Gasteiger partial charge in [-0.1, -0.05) is 17.7 Å². The SMILES string of the molecule is NC1(Cc2ccc(Cl)c(Br)c2)CC1. The first kappa shape index (κ1) is 9.50. The summed E-state index contributed by atoms with van der Waals surface area (Å²) in [6.45, 7) is 0. The highest BCUT2D eigenvalue weighted by Gasteiger charge is 2.37. The number of hydrogen-bond acceptors (Lipinski definition) is 1. The molecule has 0 radical (unpaired) electrons. The van der Waals surface area contributed by atoms with E-state index in [4.69, 9.17) is 17.3 Å². The van der Waals surface area contributed by atoms with E-state index < -0.39 is 0 Å². The molecular weight excluding hydrogens is 249 g/mol. The Morgan fingerprint density at radius 2 is 2.15 bits per heavy atom. The Kier molecular flexibility index (Phi) is 2.39. The van der Waals surface area contributed by atoms with Crippen LogP contribution < -0.4 is 5.73 Å². The highest BCUT2D eigenvalue weighted by Crippen LogP contribution is 2.36. The van der Waals surface area contributed by atoms with Crippen molar-refractivity contribution in [3.8, 4) is 0 Å². The van der Waals surface area contributed by atoms with Crippen LogP contribution in [0.2, 0.25) is 5.02 Å². The molecule has 0 amide bonds. The lowest BCUT2D eigenvalue weighted by Gasteiger charge is -2.08. The van der Waals surface area contributed by atoms with Crippen LogP contribution in [0.5, 0.6) is 0 Å². The number of benzene rings is 1. The van der Waals surface area contributed by atoms with E-state index in [9.17, 15) is 0 Å². The summed E-state index contributed by atoms with van der Waals surface area (Å²) in [6, 6.07) is 6.00. The van der Waals surface area contributed by atoms with Gasteiger partial charge in [-0.15, -0.1) is 0 Å². The predicted molar refractivity (Wildman–Crippen MR) is 59.0 cm³/mol. The van der Waals surface area contributed by atoms with Gasteiger partial charge in [0.2, 0.25) is 0 Å². The molecule has 1 aromatic rings. The Balaban J connectivity index is 2.17. The average Bonchev–Trinajstić information content (AvgIpc) is 2.76. The van der Waals surface area contributed by atoms with Gasteiger partial charge in [-0.05, 0) is 52.9 Å². The van der Waals surface area contributed by atoms with Crippen LogP contribution in [-0.2, 0) is 6.42 Å². The van der Waals surface area contributed by atoms with Crippen molar-refractivity contribution >= 4 is 27.5 Å². The molecule has 0 unspecified atom stereocenters. The first-order chi connectivity index (χ1) is 6.09. The Bertz CT molecular complexity index is 334. The van der Waals surface area contributed by atoms with E-state index in [1.165, 1.54) is 5.56 Å². The third-order valence-corrected chi connectivity index (χ3v) is 3.65. The highest BCUT2D eigenvalue weighted by atomic mass is 79.9. The molecule has 0 heterocycles. The molecule has 3 heteroatoms. The van der Waals surface area contributed by atoms with E-state index in [1.54, 1.807) is 0 Å². The molecule has 0 saturated heterocycles. The number of hydrogen-bond donors (Lipinski definition) is 1. The van der Waals surface area contributed by atoms with Crippen molar-refractivity contribution in [2.45, 2.75) is 24.8 Å². The lowest BCUT2D eigenvalue weighted by atomic mass is 10.1. The molecule has 1 fully saturated rings. The van der Waals surface area contributed by atoms with Crippen molar-refractivity contribution < 1.29 is 0 Å². The van der Waals surface area contributed by atoms with Crippen LogP contribution in [0.3, 0.4) is 0 Å². The van der Waals surface area contributed by atoms with Crippen LogP contribution in [0.15, 0.2) is 22.7 Å². The summed E-state index contributed by atoms with van der Waals surface area (Å²) in [4.78, 5) is 0. The van der Waals surface area contributed by atoms with Gasteiger partial charge in [-0.25, -0.2) is 0 Å². The summed E-state index contributed by atoms with van der Waals surface area (Å²) in [7, 11) is 0. The Morgan fingerprint density at radius 1 is 1.46 bits per heavy atom. The summed E-state index contributed by atoms with van der Waals surface area (Å²) in [6.07, 6.45) is 3.25. The molecule has 0 spiro atoms. The van der Waals surface area contributed by atoms with E-state index in [2.05, 4.69) is 22.0 Å². The van der Waals surface area contributed by atoms with Gasteiger partial charge < -0.3 is 5.73 Å². The average molecular weight is 261 g/mol. The monoisotopic (exact) mass is 259 g/mol. The minimum atomic E-state index is 0.0767. The summed E-state index contributed by atoms with van der Waals surface area (Å²) in [5.74, 6) is 0. The van der Waals surface area contributed by atoms with E-state index in [0.717, 1.165) is 28.8 Å². The zero-order valence-electron chi connectivity index (χ0n) is 7.19. The van der Waals surface area contributed by atoms with E-state index in [-0.39, 0.29) is 5.54 Å². The summed E-state index contributed by atoms with van der Waals surface area (Å²) < 4.78 is 0.955. The van der Waals surface area contributed by atoms with Crippen molar-refractivity contribution in [1.29, 1.82) is 0 Å². The van der Waals surface area contributed by atoms with Crippen LogP contribution in [0.4, 0.5) is 0 Å². The standard InChI is InChI=1S/C10H11BrClN/c11-8-5-7(1-2-9(8)12)6-10(13)3-4-10/h1-2,5H,3-4,6,13H2. The van der Waals surface area contributed by atoms with Gasteiger partial charge in [-0.3, -0.25) is 0 Å². The van der Waals surface area contributed by atoms with Crippen LogP contribution in [0.1, 0.15) is 18.4 Å². The number of nitrogens with two attached hydrogens (primary N) is 1. The van der Waals surface area contributed by atoms with E-state index in [0.29, 0.717) is 0 Å². The third kappa shape index (κ3) is 2.25. The Morgan fingerprint density at radius 3 is 2.69 bits per heavy atom. The van der Waals surface area contributed by atoms with Crippen LogP contribution in [0.25, 0.3) is 0 Å². The molecule has 70 valence electrons. The lowest BCUT2D eigenvalue weighted by molar-refractivity contribution is 0.672. The number of rotatable bonds is 2. The molecule has 1 saturated carbocycles. The fraction of sp³-hybridized carbons (Fsp3) is 0.400. The highest BCUT2D eigenvalue weighted by molar-refractivity contribution is 9.10. The van der Waals surface area contributed by atoms with E-state index in [1.807, 2.05) is 12.1 Å². The fourth-order valence-corrected chi connectivity index (χ4v) is 1.94. The van der Waals surface area contributed by atoms with Crippen molar-refractivity contribution in [1.82, 2.24) is 0 Å². The molecule has 0 bridgehead atoms. The van der Waals surface area contributed by atoms with Gasteiger partial charge in [0, 0.05) is 10.0 Å². The molecule has 2 N–H and O–H groups in total. The normalized spacial score (nSPS) is 18.7. The summed E-state index contributed by atoms with van der Waals surface area (Å²) in [5, 5.41) is 0.755. The molecule has 0 aromatic heterocycles. The van der Waals surface area contributed by atoms with Gasteiger partial charge in [0.1, 0.15) is 0 Å². The molecule has 1 nitrogen and oxygen atoms in total. The van der Waals surface area contributed by atoms with Crippen molar-refractivity contribution in [2.24, 2.45) is 5.73 Å². The second-order valence-electron chi connectivity index (χ2n) is 3.79. The molecule has 13 heavy (non-hydrogen) atoms. The van der Waals surface area contributed by atoms with Gasteiger partial charge in [0.15, 0.2) is 0 Å². The maximum Gasteiger partial charge on any atom is 0.0548 e. The minimum absolute atomic E-state index is 0.0767. The molecule has 1 aliphatic carbocycles. The van der Waals surface area contributed by atoms with Gasteiger partial charge >= 0.3 is 0 Å². The van der Waals surface area contributed by atoms with Crippen LogP contribution >= 0.6 is 27.5 Å². The molecular formula is C10H11BrClN. The van der Waals surface area contributed by atoms with E-state index >= 15 is 0 Å². The zero-order chi connectivity index (χ0) is 9.47. The Labute approximate surface area is 91.4 Å². The third-order valence-electron chi connectivity index (χ3n) is 2.43. The molecule has 0 aliphatic heterocycles. The molecule has 0 atom stereocenters. The molecule has 2 rings (SSSR count). The van der Waals surface area contributed by atoms with Crippen molar-refractivity contribution in [3.63, 3.8) is 0 Å². The minimum Gasteiger partial charge on any atom is -0.325 e. The van der Waals surface area contributed by atoms with Crippen LogP contribution in [0, 0.1) is 0 Å². The summed E-state index contributed by atoms with van der Waals surface area (Å²) >= 11 is 9.29. The quantitative estimate of drug-likeness (QED) is 0.869. The number of halogens is 2. The van der Waals surface area contributed by atoms with Gasteiger partial charge in [0.25, 0.3) is 0 Å². The smallest absolute Gasteiger partial charge is 0.0548 e. The van der Waals surface area contributed by atoms with Crippen LogP contribution in [-0.4, -0.2) is 5.54 Å². The predicted octanol–water partition coefficient (Wildman–Crippen LogP) is 3.14. The second kappa shape index (κ2) is 3.26. The fourth-order valence-electron chi connectivity index (χ4n) is 1.39. The summed E-state index contributed by atoms with van der Waals surface area (Å²) in [5.41, 5.74) is 7.36. The lowest BCUT2D eigenvalue weighted by Crippen LogP contribution is -2.24. The van der Waals surface area contributed by atoms with Crippen molar-refractivity contribution in [3.05, 3.63) is 33.3 Å². The molecule has 1 aliphatic rings. The van der Waals surface area contributed by atoms with Crippen molar-refractivity contribution in [2.75, 3.05) is 0 Å². The van der Waals surface area contributed by atoms with Gasteiger partial charge in [-0.2, -0.15) is 0 Å². The maximum absolute atomic E-state index is 6.02. The second-order valence-corrected chi connectivity index (χ2v) is 5.05. The largest absolute Gasteiger partial charge is 0.325 e. The van der Waals surface area contributed by atoms with Gasteiger partial charge in [0.05, 0.1) is 5.02 Å². The zero-order valence-corrected chi connectivity index (χ0v) is 9.53. The molecule has 1 aromatic carbocycles.